The molecule has 0 radical (unpaired) electrons. The first-order chi connectivity index (χ1) is 29.6. The van der Waals surface area contributed by atoms with Gasteiger partial charge in [0, 0.05) is 54.2 Å². The molecule has 2 unspecified atom stereocenters. The summed E-state index contributed by atoms with van der Waals surface area (Å²) in [5, 5.41) is 7.28. The van der Waals surface area contributed by atoms with Gasteiger partial charge in [-0.1, -0.05) is 153 Å². The monoisotopic (exact) mass is 788 g/mol. The van der Waals surface area contributed by atoms with Gasteiger partial charge in [0.05, 0.1) is 27.5 Å². The van der Waals surface area contributed by atoms with E-state index in [-0.39, 0.29) is 12.0 Å². The molecule has 4 heteroatoms. The van der Waals surface area contributed by atoms with E-state index < -0.39 is 0 Å². The lowest BCUT2D eigenvalue weighted by Gasteiger charge is -2.24. The quantitative estimate of drug-likeness (QED) is 0.111. The van der Waals surface area contributed by atoms with Crippen LogP contribution in [0.1, 0.15) is 36.6 Å². The first-order valence-corrected chi connectivity index (χ1v) is 21.3. The highest BCUT2D eigenvalue weighted by molar-refractivity contribution is 7.26. The van der Waals surface area contributed by atoms with Gasteiger partial charge in [-0.05, 0) is 77.2 Å². The number of thiophene rings is 1. The molecular weight excluding hydrogens is 749 g/mol. The van der Waals surface area contributed by atoms with Gasteiger partial charge in [-0.25, -0.2) is 0 Å². The van der Waals surface area contributed by atoms with Crippen LogP contribution in [-0.4, -0.2) is 10.3 Å². The summed E-state index contributed by atoms with van der Waals surface area (Å²) >= 11 is 1.88. The zero-order chi connectivity index (χ0) is 40.3. The third kappa shape index (κ3) is 5.84. The van der Waals surface area contributed by atoms with E-state index in [1.54, 1.807) is 0 Å². The number of para-hydroxylation sites is 2. The third-order valence-electron chi connectivity index (χ3n) is 12.2. The van der Waals surface area contributed by atoms with Gasteiger partial charge in [0.15, 0.2) is 0 Å². The van der Waals surface area contributed by atoms with Crippen molar-refractivity contribution < 1.29 is 4.42 Å². The number of hydrogen-bond acceptors (Lipinski definition) is 3. The van der Waals surface area contributed by atoms with E-state index >= 15 is 0 Å². The molecule has 0 spiro atoms. The van der Waals surface area contributed by atoms with Crippen molar-refractivity contribution in [3.05, 3.63) is 211 Å². The first-order valence-electron chi connectivity index (χ1n) is 20.5. The van der Waals surface area contributed by atoms with Gasteiger partial charge in [-0.2, -0.15) is 0 Å². The van der Waals surface area contributed by atoms with Crippen molar-refractivity contribution in [2.45, 2.75) is 19.9 Å². The van der Waals surface area contributed by atoms with Gasteiger partial charge in [0.25, 0.3) is 0 Å². The molecule has 286 valence electrons. The maximum absolute atomic E-state index is 6.57. The molecule has 0 aliphatic rings. The largest absolute Gasteiger partial charge is 0.456 e. The molecule has 0 saturated heterocycles. The molecule has 0 fully saturated rings. The molecule has 3 nitrogen and oxygen atoms in total. The maximum atomic E-state index is 6.57. The molecule has 60 heavy (non-hydrogen) atoms. The summed E-state index contributed by atoms with van der Waals surface area (Å²) in [5.74, 6) is 0.0428. The van der Waals surface area contributed by atoms with Crippen LogP contribution in [0, 0.1) is 5.92 Å². The normalized spacial score (nSPS) is 13.1. The zero-order valence-corrected chi connectivity index (χ0v) is 34.2. The number of furan rings is 1. The predicted molar refractivity (Wildman–Crippen MR) is 256 cm³/mol. The number of benzene rings is 8. The van der Waals surface area contributed by atoms with E-state index in [2.05, 4.69) is 207 Å². The smallest absolute Gasteiger partial charge is 0.136 e. The SMILES string of the molecule is C=C=C(c1ccccc1)C(C)C(/N=C(\C)c1ccc2c(c1)oc1ccc(-c3cccc4c3sc3c(-n5c6ccccc6c6ccccc65)cccc34)cc12)c1ccccc1. The Morgan fingerprint density at radius 2 is 1.23 bits per heavy atom. The van der Waals surface area contributed by atoms with Crippen molar-refractivity contribution in [1.82, 2.24) is 4.57 Å². The Balaban J connectivity index is 0.987. The Labute approximate surface area is 352 Å². The standard InChI is InChI=1S/C56H40N2OS/c1-4-41(37-17-7-5-8-18-37)35(2)54(38-19-9-6-10-20-38)57-36(3)39-29-31-45-48-33-40(30-32-52(48)59-53(45)34-39)42-23-15-24-46-47-25-16-28-51(56(47)60-55(42)46)58-49-26-13-11-21-43(49)44-22-12-14-27-50(44)58/h5-35,54H,1H2,2-3H3/b57-36+. The number of fused-ring (bicyclic) bond motifs is 9. The van der Waals surface area contributed by atoms with Crippen molar-refractivity contribution in [2.24, 2.45) is 10.9 Å². The average molecular weight is 789 g/mol. The summed E-state index contributed by atoms with van der Waals surface area (Å²) in [6.07, 6.45) is 0. The second-order valence-corrected chi connectivity index (χ2v) is 16.7. The van der Waals surface area contributed by atoms with Crippen LogP contribution in [0.3, 0.4) is 0 Å². The Hall–Kier alpha value is -7.23. The highest BCUT2D eigenvalue weighted by Crippen LogP contribution is 2.45. The Kier molecular flexibility index (Phi) is 8.70. The van der Waals surface area contributed by atoms with Crippen molar-refractivity contribution in [3.63, 3.8) is 0 Å². The number of nitrogens with zero attached hydrogens (tertiary/aromatic N) is 2. The van der Waals surface area contributed by atoms with Gasteiger partial charge < -0.3 is 8.98 Å². The molecule has 0 bridgehead atoms. The van der Waals surface area contributed by atoms with Crippen molar-refractivity contribution >= 4 is 86.5 Å². The molecule has 11 rings (SSSR count). The molecule has 3 aromatic heterocycles. The fraction of sp³-hybridized carbons (Fsp3) is 0.0714. The topological polar surface area (TPSA) is 30.4 Å². The van der Waals surface area contributed by atoms with Crippen LogP contribution in [-0.2, 0) is 0 Å². The lowest BCUT2D eigenvalue weighted by molar-refractivity contribution is 0.584. The van der Waals surface area contributed by atoms with E-state index in [0.29, 0.717) is 0 Å². The van der Waals surface area contributed by atoms with E-state index in [1.165, 1.54) is 58.8 Å². The minimum atomic E-state index is -0.126. The van der Waals surface area contributed by atoms with Crippen molar-refractivity contribution in [3.8, 4) is 16.8 Å². The summed E-state index contributed by atoms with van der Waals surface area (Å²) in [6, 6.07) is 64.9. The summed E-state index contributed by atoms with van der Waals surface area (Å²) in [4.78, 5) is 5.41. The van der Waals surface area contributed by atoms with Gasteiger partial charge in [0.2, 0.25) is 0 Å². The van der Waals surface area contributed by atoms with Crippen molar-refractivity contribution in [1.29, 1.82) is 0 Å². The van der Waals surface area contributed by atoms with Crippen molar-refractivity contribution in [2.75, 3.05) is 0 Å². The van der Waals surface area contributed by atoms with Gasteiger partial charge >= 0.3 is 0 Å². The van der Waals surface area contributed by atoms with E-state index in [1.807, 2.05) is 17.4 Å². The van der Waals surface area contributed by atoms with Crippen LogP contribution in [0.5, 0.6) is 0 Å². The van der Waals surface area contributed by atoms with E-state index in [0.717, 1.165) is 49.9 Å². The highest BCUT2D eigenvalue weighted by Gasteiger charge is 2.24. The van der Waals surface area contributed by atoms with Crippen LogP contribution in [0.4, 0.5) is 0 Å². The molecule has 0 aliphatic heterocycles. The minimum Gasteiger partial charge on any atom is -0.456 e. The molecule has 0 saturated carbocycles. The summed E-state index contributed by atoms with van der Waals surface area (Å²) in [5.41, 5.74) is 16.3. The number of hydrogen-bond donors (Lipinski definition) is 0. The molecule has 0 aliphatic carbocycles. The summed E-state index contributed by atoms with van der Waals surface area (Å²) in [7, 11) is 0. The minimum absolute atomic E-state index is 0.0428. The molecular formula is C56H40N2OS. The molecule has 8 aromatic carbocycles. The summed E-state index contributed by atoms with van der Waals surface area (Å²) < 4.78 is 11.6. The second kappa shape index (κ2) is 14.5. The number of aromatic nitrogens is 1. The number of rotatable bonds is 8. The Morgan fingerprint density at radius 1 is 0.583 bits per heavy atom. The van der Waals surface area contributed by atoms with Gasteiger partial charge in [-0.3, -0.25) is 4.99 Å². The molecule has 0 N–H and O–H groups in total. The average Bonchev–Trinajstić information content (AvgIpc) is 3.98. The molecule has 3 heterocycles. The Bertz CT molecular complexity index is 3470. The third-order valence-corrected chi connectivity index (χ3v) is 13.5. The maximum Gasteiger partial charge on any atom is 0.136 e. The first kappa shape index (κ1) is 35.9. The van der Waals surface area contributed by atoms with E-state index in [9.17, 15) is 0 Å². The van der Waals surface area contributed by atoms with Crippen LogP contribution in [0.2, 0.25) is 0 Å². The lowest BCUT2D eigenvalue weighted by Crippen LogP contribution is -2.12. The zero-order valence-electron chi connectivity index (χ0n) is 33.4. The summed E-state index contributed by atoms with van der Waals surface area (Å²) in [6.45, 7) is 8.41. The highest BCUT2D eigenvalue weighted by atomic mass is 32.1. The Morgan fingerprint density at radius 3 is 1.97 bits per heavy atom. The number of aliphatic imine (C=N–C) groups is 1. The van der Waals surface area contributed by atoms with Crippen LogP contribution in [0.15, 0.2) is 204 Å². The molecule has 2 atom stereocenters. The second-order valence-electron chi connectivity index (χ2n) is 15.6. The fourth-order valence-corrected chi connectivity index (χ4v) is 10.6. The lowest BCUT2D eigenvalue weighted by atomic mass is 9.85. The van der Waals surface area contributed by atoms with Gasteiger partial charge in [0.1, 0.15) is 11.2 Å². The van der Waals surface area contributed by atoms with Crippen LogP contribution >= 0.6 is 11.3 Å². The molecule has 11 aromatic rings. The predicted octanol–water partition coefficient (Wildman–Crippen LogP) is 15.8. The van der Waals surface area contributed by atoms with Crippen LogP contribution < -0.4 is 0 Å². The molecule has 0 amide bonds. The van der Waals surface area contributed by atoms with Gasteiger partial charge in [-0.15, -0.1) is 17.1 Å². The fourth-order valence-electron chi connectivity index (χ4n) is 9.27. The van der Waals surface area contributed by atoms with E-state index in [4.69, 9.17) is 9.41 Å². The van der Waals surface area contributed by atoms with Crippen LogP contribution in [0.25, 0.3) is 86.3 Å².